The van der Waals surface area contributed by atoms with Crippen LogP contribution in [-0.4, -0.2) is 5.91 Å². The number of nitrogen functional groups attached to an aromatic ring is 1. The number of amides is 1. The zero-order valence-corrected chi connectivity index (χ0v) is 15.2. The number of carbonyl (C=O) groups excluding carboxylic acids is 1. The van der Waals surface area contributed by atoms with Gasteiger partial charge in [0.1, 0.15) is 0 Å². The molecule has 3 rings (SSSR count). The van der Waals surface area contributed by atoms with Crippen LogP contribution in [0.25, 0.3) is 0 Å². The molecule has 0 radical (unpaired) electrons. The Bertz CT molecular complexity index is 702. The van der Waals surface area contributed by atoms with Crippen molar-refractivity contribution >= 4 is 46.9 Å². The van der Waals surface area contributed by atoms with Crippen LogP contribution in [0.15, 0.2) is 30.3 Å². The van der Waals surface area contributed by atoms with Crippen LogP contribution in [0, 0.1) is 0 Å². The van der Waals surface area contributed by atoms with Crippen molar-refractivity contribution in [3.05, 3.63) is 50.7 Å². The number of carbonyl (C=O) groups is 1. The molecule has 23 heavy (non-hydrogen) atoms. The minimum Gasteiger partial charge on any atom is -0.399 e. The molecule has 2 unspecified atom stereocenters. The number of benzene rings is 1. The molecule has 0 saturated carbocycles. The maximum Gasteiger partial charge on any atom is 0.228 e. The molecular formula is C17H20Cl2N2OS. The molecule has 3 N–H and O–H groups in total. The summed E-state index contributed by atoms with van der Waals surface area (Å²) in [5.41, 5.74) is 9.09. The topological polar surface area (TPSA) is 55.1 Å². The number of anilines is 1. The lowest BCUT2D eigenvalue weighted by Crippen LogP contribution is -2.33. The second-order valence-electron chi connectivity index (χ2n) is 5.78. The van der Waals surface area contributed by atoms with Crippen LogP contribution in [-0.2, 0) is 11.2 Å². The Morgan fingerprint density at radius 3 is 2.87 bits per heavy atom. The van der Waals surface area contributed by atoms with E-state index >= 15 is 0 Å². The van der Waals surface area contributed by atoms with E-state index < -0.39 is 0 Å². The van der Waals surface area contributed by atoms with Gasteiger partial charge in [0.2, 0.25) is 5.91 Å². The Hall–Kier alpha value is -1.23. The number of aryl methyl sites for hydroxylation is 1. The highest BCUT2D eigenvalue weighted by atomic mass is 35.5. The van der Waals surface area contributed by atoms with Crippen molar-refractivity contribution in [2.75, 3.05) is 5.73 Å². The molecule has 1 heterocycles. The van der Waals surface area contributed by atoms with Gasteiger partial charge in [-0.25, -0.2) is 0 Å². The Morgan fingerprint density at radius 1 is 1.39 bits per heavy atom. The summed E-state index contributed by atoms with van der Waals surface area (Å²) in [5, 5.41) is 3.19. The molecule has 0 spiro atoms. The average molecular weight is 371 g/mol. The van der Waals surface area contributed by atoms with Gasteiger partial charge < -0.3 is 11.1 Å². The van der Waals surface area contributed by atoms with Gasteiger partial charge in [0.25, 0.3) is 0 Å². The fourth-order valence-electron chi connectivity index (χ4n) is 2.97. The summed E-state index contributed by atoms with van der Waals surface area (Å²) in [5.74, 6) is -0.134. The first-order valence-corrected chi connectivity index (χ1v) is 8.68. The number of rotatable bonds is 3. The van der Waals surface area contributed by atoms with E-state index in [4.69, 9.17) is 17.3 Å². The van der Waals surface area contributed by atoms with E-state index in [1.165, 1.54) is 22.5 Å². The fourth-order valence-corrected chi connectivity index (χ4v) is 4.08. The molecule has 1 aromatic carbocycles. The molecule has 2 atom stereocenters. The summed E-state index contributed by atoms with van der Waals surface area (Å²) in [6, 6.07) is 9.81. The summed E-state index contributed by atoms with van der Waals surface area (Å²) in [4.78, 5) is 13.5. The van der Waals surface area contributed by atoms with E-state index in [2.05, 4.69) is 5.32 Å². The normalized spacial score (nSPS) is 17.7. The van der Waals surface area contributed by atoms with Crippen LogP contribution in [0.3, 0.4) is 0 Å². The molecule has 0 aliphatic heterocycles. The molecule has 1 aliphatic rings. The number of fused-ring (bicyclic) bond motifs is 1. The fraction of sp³-hybridized carbons (Fsp3) is 0.353. The van der Waals surface area contributed by atoms with E-state index in [0.717, 1.165) is 29.8 Å². The van der Waals surface area contributed by atoms with Crippen molar-refractivity contribution in [1.29, 1.82) is 0 Å². The second-order valence-corrected chi connectivity index (χ2v) is 7.52. The lowest BCUT2D eigenvalue weighted by atomic mass is 9.87. The van der Waals surface area contributed by atoms with Crippen molar-refractivity contribution in [1.82, 2.24) is 5.32 Å². The maximum atomic E-state index is 12.5. The van der Waals surface area contributed by atoms with E-state index in [1.807, 2.05) is 37.3 Å². The molecule has 6 heteroatoms. The Labute approximate surface area is 151 Å². The third-order valence-corrected chi connectivity index (χ3v) is 5.63. The zero-order valence-electron chi connectivity index (χ0n) is 12.8. The highest BCUT2D eigenvalue weighted by molar-refractivity contribution is 7.16. The molecule has 1 aliphatic carbocycles. The Morgan fingerprint density at radius 2 is 2.17 bits per heavy atom. The summed E-state index contributed by atoms with van der Waals surface area (Å²) in [6.07, 6.45) is 3.07. The van der Waals surface area contributed by atoms with Gasteiger partial charge in [0.15, 0.2) is 0 Å². The van der Waals surface area contributed by atoms with Gasteiger partial charge in [-0.3, -0.25) is 4.79 Å². The predicted octanol–water partition coefficient (Wildman–Crippen LogP) is 4.70. The van der Waals surface area contributed by atoms with Crippen molar-refractivity contribution in [3.8, 4) is 0 Å². The molecule has 3 nitrogen and oxygen atoms in total. The van der Waals surface area contributed by atoms with Crippen molar-refractivity contribution < 1.29 is 4.79 Å². The quantitative estimate of drug-likeness (QED) is 0.769. The SMILES string of the molecule is CC(C(=O)NC1CCCc2cc(N)ccc21)c1ccc(Cl)s1.Cl. The molecule has 0 saturated heterocycles. The molecule has 1 amide bonds. The van der Waals surface area contributed by atoms with Gasteiger partial charge in [-0.1, -0.05) is 17.7 Å². The first kappa shape index (κ1) is 18.1. The number of hydrogen-bond acceptors (Lipinski definition) is 3. The molecule has 0 bridgehead atoms. The lowest BCUT2D eigenvalue weighted by Gasteiger charge is -2.27. The highest BCUT2D eigenvalue weighted by Crippen LogP contribution is 2.33. The van der Waals surface area contributed by atoms with Gasteiger partial charge in [-0.05, 0) is 61.6 Å². The number of nitrogens with one attached hydrogen (secondary N) is 1. The molecule has 2 aromatic rings. The average Bonchev–Trinajstić information content (AvgIpc) is 2.93. The number of hydrogen-bond donors (Lipinski definition) is 2. The Balaban J connectivity index is 0.00000192. The Kier molecular flexibility index (Phi) is 5.95. The minimum atomic E-state index is -0.184. The minimum absolute atomic E-state index is 0. The van der Waals surface area contributed by atoms with Crippen molar-refractivity contribution in [3.63, 3.8) is 0 Å². The predicted molar refractivity (Wildman–Crippen MR) is 99.7 cm³/mol. The van der Waals surface area contributed by atoms with E-state index in [-0.39, 0.29) is 30.3 Å². The van der Waals surface area contributed by atoms with Crippen LogP contribution >= 0.6 is 35.3 Å². The summed E-state index contributed by atoms with van der Waals surface area (Å²) in [6.45, 7) is 1.92. The van der Waals surface area contributed by atoms with Gasteiger partial charge in [-0.2, -0.15) is 0 Å². The number of nitrogens with two attached hydrogens (primary N) is 1. The van der Waals surface area contributed by atoms with Crippen LogP contribution in [0.1, 0.15) is 47.7 Å². The van der Waals surface area contributed by atoms with E-state index in [1.54, 1.807) is 0 Å². The van der Waals surface area contributed by atoms with Crippen LogP contribution in [0.2, 0.25) is 4.34 Å². The molecule has 1 aromatic heterocycles. The smallest absolute Gasteiger partial charge is 0.228 e. The molecular weight excluding hydrogens is 351 g/mol. The van der Waals surface area contributed by atoms with Gasteiger partial charge in [-0.15, -0.1) is 23.7 Å². The third-order valence-electron chi connectivity index (χ3n) is 4.21. The number of thiophene rings is 1. The highest BCUT2D eigenvalue weighted by Gasteiger charge is 2.25. The second kappa shape index (κ2) is 7.56. The summed E-state index contributed by atoms with van der Waals surface area (Å²) < 4.78 is 0.716. The molecule has 0 fully saturated rings. The van der Waals surface area contributed by atoms with Crippen molar-refractivity contribution in [2.45, 2.75) is 38.1 Å². The van der Waals surface area contributed by atoms with Crippen LogP contribution < -0.4 is 11.1 Å². The standard InChI is InChI=1S/C17H19ClN2OS.ClH/c1-10(15-7-8-16(18)22-15)17(21)20-14-4-2-3-11-9-12(19)5-6-13(11)14;/h5-10,14H,2-4,19H2,1H3,(H,20,21);1H. The largest absolute Gasteiger partial charge is 0.399 e. The van der Waals surface area contributed by atoms with Crippen molar-refractivity contribution in [2.24, 2.45) is 0 Å². The zero-order chi connectivity index (χ0) is 15.7. The summed E-state index contributed by atoms with van der Waals surface area (Å²) >= 11 is 7.42. The first-order valence-electron chi connectivity index (χ1n) is 7.48. The first-order chi connectivity index (χ1) is 10.5. The lowest BCUT2D eigenvalue weighted by molar-refractivity contribution is -0.123. The maximum absolute atomic E-state index is 12.5. The summed E-state index contributed by atoms with van der Waals surface area (Å²) in [7, 11) is 0. The van der Waals surface area contributed by atoms with Gasteiger partial charge >= 0.3 is 0 Å². The molecule has 124 valence electrons. The van der Waals surface area contributed by atoms with Crippen LogP contribution in [0.5, 0.6) is 0 Å². The van der Waals surface area contributed by atoms with E-state index in [0.29, 0.717) is 4.34 Å². The number of halogens is 2. The third kappa shape index (κ3) is 4.00. The van der Waals surface area contributed by atoms with E-state index in [9.17, 15) is 4.79 Å². The van der Waals surface area contributed by atoms with Gasteiger partial charge in [0, 0.05) is 10.6 Å². The van der Waals surface area contributed by atoms with Crippen LogP contribution in [0.4, 0.5) is 5.69 Å². The monoisotopic (exact) mass is 370 g/mol. The van der Waals surface area contributed by atoms with Gasteiger partial charge in [0.05, 0.1) is 16.3 Å².